The lowest BCUT2D eigenvalue weighted by Crippen LogP contribution is -2.12. The van der Waals surface area contributed by atoms with Gasteiger partial charge in [0.05, 0.1) is 5.92 Å². The highest BCUT2D eigenvalue weighted by molar-refractivity contribution is 9.11. The summed E-state index contributed by atoms with van der Waals surface area (Å²) in [5.41, 5.74) is 3.25. The molecule has 25 heavy (non-hydrogen) atoms. The van der Waals surface area contributed by atoms with Gasteiger partial charge in [-0.3, -0.25) is 4.79 Å². The molecule has 1 atom stereocenters. The van der Waals surface area contributed by atoms with E-state index in [-0.39, 0.29) is 5.92 Å². The van der Waals surface area contributed by atoms with Crippen LogP contribution in [-0.4, -0.2) is 17.7 Å². The number of rotatable bonds is 7. The number of hydrogen-bond acceptors (Lipinski definition) is 2. The third kappa shape index (κ3) is 6.33. The first-order valence-electron chi connectivity index (χ1n) is 7.93. The maximum Gasteiger partial charge on any atom is 0.306 e. The summed E-state index contributed by atoms with van der Waals surface area (Å²) in [4.78, 5) is 10.9. The van der Waals surface area contributed by atoms with Gasteiger partial charge in [0.2, 0.25) is 0 Å². The van der Waals surface area contributed by atoms with Gasteiger partial charge in [-0.15, -0.1) is 0 Å². The molecule has 0 aliphatic carbocycles. The van der Waals surface area contributed by atoms with Crippen LogP contribution in [0.15, 0.2) is 57.5 Å². The van der Waals surface area contributed by atoms with Gasteiger partial charge < -0.3 is 9.84 Å². The third-order valence-corrected chi connectivity index (χ3v) is 4.76. The van der Waals surface area contributed by atoms with E-state index in [2.05, 4.69) is 44.0 Å². The van der Waals surface area contributed by atoms with Gasteiger partial charge in [-0.1, -0.05) is 50.9 Å². The molecule has 1 N–H and O–H groups in total. The summed E-state index contributed by atoms with van der Waals surface area (Å²) in [5.74, 6) is -0.395. The van der Waals surface area contributed by atoms with Crippen molar-refractivity contribution in [1.29, 1.82) is 0 Å². The SMILES string of the molecule is C/C(=C\COc1ccc(CC(C)C(=O)O)cc1)c1cc(Br)cc(Br)c1. The molecule has 2 rings (SSSR count). The quantitative estimate of drug-likeness (QED) is 0.546. The molecular weight excluding hydrogens is 448 g/mol. The molecule has 0 bridgehead atoms. The Morgan fingerprint density at radius 1 is 1.16 bits per heavy atom. The van der Waals surface area contributed by atoms with Crippen molar-refractivity contribution in [3.63, 3.8) is 0 Å². The van der Waals surface area contributed by atoms with Gasteiger partial charge in [0.15, 0.2) is 0 Å². The molecule has 0 heterocycles. The molecule has 0 saturated carbocycles. The van der Waals surface area contributed by atoms with Crippen molar-refractivity contribution in [3.8, 4) is 5.75 Å². The lowest BCUT2D eigenvalue weighted by Gasteiger charge is -2.09. The van der Waals surface area contributed by atoms with Crippen molar-refractivity contribution in [3.05, 3.63) is 68.6 Å². The van der Waals surface area contributed by atoms with Crippen molar-refractivity contribution in [2.75, 3.05) is 6.61 Å². The number of aliphatic carboxylic acids is 1. The minimum absolute atomic E-state index is 0.387. The molecule has 0 aliphatic rings. The summed E-state index contributed by atoms with van der Waals surface area (Å²) in [7, 11) is 0. The van der Waals surface area contributed by atoms with Crippen molar-refractivity contribution >= 4 is 43.4 Å². The second kappa shape index (κ2) is 9.20. The zero-order valence-electron chi connectivity index (χ0n) is 14.1. The summed E-state index contributed by atoms with van der Waals surface area (Å²) < 4.78 is 7.80. The summed E-state index contributed by atoms with van der Waals surface area (Å²) in [6, 6.07) is 13.7. The van der Waals surface area contributed by atoms with E-state index in [0.717, 1.165) is 31.4 Å². The fourth-order valence-electron chi connectivity index (χ4n) is 2.32. The zero-order chi connectivity index (χ0) is 18.4. The summed E-state index contributed by atoms with van der Waals surface area (Å²) in [6.07, 6.45) is 2.56. The maximum absolute atomic E-state index is 10.9. The van der Waals surface area contributed by atoms with Crippen LogP contribution < -0.4 is 4.74 Å². The summed E-state index contributed by atoms with van der Waals surface area (Å²) >= 11 is 6.99. The Morgan fingerprint density at radius 3 is 2.32 bits per heavy atom. The number of carbonyl (C=O) groups is 1. The molecule has 0 fully saturated rings. The Balaban J connectivity index is 1.93. The molecule has 5 heteroatoms. The second-order valence-electron chi connectivity index (χ2n) is 5.94. The molecule has 0 amide bonds. The normalized spacial score (nSPS) is 12.7. The van der Waals surface area contributed by atoms with Crippen LogP contribution in [-0.2, 0) is 11.2 Å². The van der Waals surface area contributed by atoms with E-state index in [4.69, 9.17) is 9.84 Å². The maximum atomic E-state index is 10.9. The van der Waals surface area contributed by atoms with E-state index < -0.39 is 5.97 Å². The molecule has 132 valence electrons. The first kappa shape index (κ1) is 19.7. The van der Waals surface area contributed by atoms with Crippen molar-refractivity contribution in [2.45, 2.75) is 20.3 Å². The largest absolute Gasteiger partial charge is 0.490 e. The second-order valence-corrected chi connectivity index (χ2v) is 7.77. The third-order valence-electron chi connectivity index (χ3n) is 3.84. The van der Waals surface area contributed by atoms with Gasteiger partial charge in [-0.2, -0.15) is 0 Å². The minimum atomic E-state index is -0.778. The fraction of sp³-hybridized carbons (Fsp3) is 0.250. The van der Waals surface area contributed by atoms with Crippen molar-refractivity contribution in [1.82, 2.24) is 0 Å². The van der Waals surface area contributed by atoms with E-state index in [9.17, 15) is 4.79 Å². The zero-order valence-corrected chi connectivity index (χ0v) is 17.3. The lowest BCUT2D eigenvalue weighted by molar-refractivity contribution is -0.141. The number of halogens is 2. The highest BCUT2D eigenvalue weighted by Crippen LogP contribution is 2.24. The van der Waals surface area contributed by atoms with Crippen LogP contribution in [0.4, 0.5) is 0 Å². The molecule has 3 nitrogen and oxygen atoms in total. The van der Waals surface area contributed by atoms with Gasteiger partial charge in [0.25, 0.3) is 0 Å². The van der Waals surface area contributed by atoms with Crippen LogP contribution in [0.2, 0.25) is 0 Å². The van der Waals surface area contributed by atoms with Crippen LogP contribution >= 0.6 is 31.9 Å². The predicted molar refractivity (Wildman–Crippen MR) is 108 cm³/mol. The van der Waals surface area contributed by atoms with E-state index >= 15 is 0 Å². The number of carboxylic acid groups (broad SMARTS) is 1. The predicted octanol–water partition coefficient (Wildman–Crippen LogP) is 5.96. The first-order chi connectivity index (χ1) is 11.8. The standard InChI is InChI=1S/C20H20Br2O3/c1-13(16-10-17(21)12-18(22)11-16)7-8-25-19-5-3-15(4-6-19)9-14(2)20(23)24/h3-7,10-12,14H,8-9H2,1-2H3,(H,23,24)/b13-7+. The topological polar surface area (TPSA) is 46.5 Å². The molecular formula is C20H20Br2O3. The van der Waals surface area contributed by atoms with E-state index in [1.54, 1.807) is 6.92 Å². The molecule has 0 aliphatic heterocycles. The van der Waals surface area contributed by atoms with Crippen molar-refractivity contribution in [2.24, 2.45) is 5.92 Å². The Hall–Kier alpha value is -1.59. The smallest absolute Gasteiger partial charge is 0.306 e. The molecule has 2 aromatic rings. The Labute approximate surface area is 165 Å². The van der Waals surface area contributed by atoms with Gasteiger partial charge in [-0.25, -0.2) is 0 Å². The van der Waals surface area contributed by atoms with Crippen molar-refractivity contribution < 1.29 is 14.6 Å². The van der Waals surface area contributed by atoms with Crippen LogP contribution in [0.1, 0.15) is 25.0 Å². The molecule has 1 unspecified atom stereocenters. The van der Waals surface area contributed by atoms with Gasteiger partial charge >= 0.3 is 5.97 Å². The molecule has 0 radical (unpaired) electrons. The highest BCUT2D eigenvalue weighted by Gasteiger charge is 2.11. The first-order valence-corrected chi connectivity index (χ1v) is 9.51. The number of carboxylic acids is 1. The monoisotopic (exact) mass is 466 g/mol. The van der Waals surface area contributed by atoms with E-state index in [1.165, 1.54) is 0 Å². The van der Waals surface area contributed by atoms with Gasteiger partial charge in [0, 0.05) is 8.95 Å². The number of hydrogen-bond donors (Lipinski definition) is 1. The van der Waals surface area contributed by atoms with Crippen LogP contribution in [0.25, 0.3) is 5.57 Å². The Bertz CT molecular complexity index is 747. The van der Waals surface area contributed by atoms with Crippen LogP contribution in [0, 0.1) is 5.92 Å². The lowest BCUT2D eigenvalue weighted by atomic mass is 10.0. The van der Waals surface area contributed by atoms with E-state index in [0.29, 0.717) is 13.0 Å². The summed E-state index contributed by atoms with van der Waals surface area (Å²) in [6.45, 7) is 4.23. The number of ether oxygens (including phenoxy) is 1. The Morgan fingerprint density at radius 2 is 1.76 bits per heavy atom. The van der Waals surface area contributed by atoms with Crippen LogP contribution in [0.3, 0.4) is 0 Å². The average Bonchev–Trinajstić information content (AvgIpc) is 2.55. The number of allylic oxidation sites excluding steroid dienone is 1. The molecule has 0 spiro atoms. The van der Waals surface area contributed by atoms with E-state index in [1.807, 2.05) is 43.3 Å². The highest BCUT2D eigenvalue weighted by atomic mass is 79.9. The molecule has 0 saturated heterocycles. The summed E-state index contributed by atoms with van der Waals surface area (Å²) in [5, 5.41) is 8.96. The molecule has 2 aromatic carbocycles. The Kier molecular flexibility index (Phi) is 7.26. The van der Waals surface area contributed by atoms with Gasteiger partial charge in [0.1, 0.15) is 12.4 Å². The van der Waals surface area contributed by atoms with Crippen LogP contribution in [0.5, 0.6) is 5.75 Å². The van der Waals surface area contributed by atoms with Gasteiger partial charge in [-0.05, 0) is 66.5 Å². The average molecular weight is 468 g/mol. The fourth-order valence-corrected chi connectivity index (χ4v) is 3.62. The minimum Gasteiger partial charge on any atom is -0.490 e. The molecule has 0 aromatic heterocycles. The number of benzene rings is 2.